The van der Waals surface area contributed by atoms with Crippen molar-refractivity contribution in [2.24, 2.45) is 47.3 Å². The van der Waals surface area contributed by atoms with E-state index in [9.17, 15) is 9.59 Å². The summed E-state index contributed by atoms with van der Waals surface area (Å²) in [5.74, 6) is 4.34. The zero-order valence-corrected chi connectivity index (χ0v) is 38.1. The van der Waals surface area contributed by atoms with Crippen LogP contribution in [-0.2, 0) is 9.59 Å². The van der Waals surface area contributed by atoms with E-state index in [-0.39, 0.29) is 21.5 Å². The Balaban J connectivity index is 1.74. The summed E-state index contributed by atoms with van der Waals surface area (Å²) in [5, 5.41) is 0. The fourth-order valence-electron chi connectivity index (χ4n) is 11.3. The van der Waals surface area contributed by atoms with Gasteiger partial charge in [-0.2, -0.15) is 0 Å². The zero-order chi connectivity index (χ0) is 37.6. The summed E-state index contributed by atoms with van der Waals surface area (Å²) in [6, 6.07) is 0. The fraction of sp³-hybridized carbons (Fsp3) is 0.958. The molecule has 0 heterocycles. The number of Topliss-reactive ketones (excluding diaryl/α,β-unsaturated/α-hetero) is 2. The average Bonchev–Trinajstić information content (AvgIpc) is 3.61. The molecule has 3 aliphatic rings. The van der Waals surface area contributed by atoms with E-state index in [1.165, 1.54) is 193 Å². The molecule has 0 bridgehead atoms. The Hall–Kier alpha value is 0.300. The molecule has 3 rings (SSSR count). The van der Waals surface area contributed by atoms with Gasteiger partial charge in [0.1, 0.15) is 11.6 Å². The second-order valence-electron chi connectivity index (χ2n) is 18.3. The van der Waals surface area contributed by atoms with Crippen molar-refractivity contribution >= 4 is 43.4 Å². The molecule has 0 aromatic heterocycles. The van der Waals surface area contributed by atoms with Crippen molar-refractivity contribution in [1.82, 2.24) is 0 Å². The highest BCUT2D eigenvalue weighted by Gasteiger charge is 2.61. The molecule has 3 aliphatic carbocycles. The molecule has 0 amide bonds. The smallest absolute Gasteiger partial charge is 0.150 e. The molecule has 0 aromatic rings. The van der Waals surface area contributed by atoms with Gasteiger partial charge >= 0.3 is 0 Å². The minimum Gasteiger partial charge on any atom is -0.298 e. The van der Waals surface area contributed by atoms with Gasteiger partial charge in [0.15, 0.2) is 0 Å². The lowest BCUT2D eigenvalue weighted by Gasteiger charge is -2.48. The van der Waals surface area contributed by atoms with E-state index in [0.717, 1.165) is 12.8 Å². The molecule has 3 fully saturated rings. The molecule has 10 atom stereocenters. The first-order valence-electron chi connectivity index (χ1n) is 23.7. The highest BCUT2D eigenvalue weighted by atomic mass is 79.9. The number of carbonyl (C=O) groups is 2. The summed E-state index contributed by atoms with van der Waals surface area (Å²) in [6.07, 6.45) is 42.2. The van der Waals surface area contributed by atoms with Crippen molar-refractivity contribution in [1.29, 1.82) is 0 Å². The first kappa shape index (κ1) is 46.7. The van der Waals surface area contributed by atoms with Gasteiger partial charge in [0, 0.05) is 11.8 Å². The Bertz CT molecular complexity index is 861. The Morgan fingerprint density at radius 1 is 0.423 bits per heavy atom. The summed E-state index contributed by atoms with van der Waals surface area (Å²) in [7, 11) is 0. The quantitative estimate of drug-likeness (QED) is 0.0499. The maximum Gasteiger partial charge on any atom is 0.150 e. The van der Waals surface area contributed by atoms with Crippen molar-refractivity contribution in [2.75, 3.05) is 0 Å². The monoisotopic (exact) mass is 852 g/mol. The van der Waals surface area contributed by atoms with Crippen LogP contribution in [0.5, 0.6) is 0 Å². The van der Waals surface area contributed by atoms with Gasteiger partial charge in [-0.15, -0.1) is 0 Å². The van der Waals surface area contributed by atoms with Crippen LogP contribution in [0.4, 0.5) is 0 Å². The largest absolute Gasteiger partial charge is 0.298 e. The number of hydrogen-bond acceptors (Lipinski definition) is 2. The van der Waals surface area contributed by atoms with Gasteiger partial charge < -0.3 is 0 Å². The van der Waals surface area contributed by atoms with Crippen molar-refractivity contribution < 1.29 is 9.59 Å². The van der Waals surface area contributed by atoms with E-state index >= 15 is 0 Å². The molecule has 0 saturated heterocycles. The SMILES string of the molecule is CCCCCCCCCCC(CCCCCC)CC1C2CC(Br)C(=O)C2C(CC(CCCCCC)CCCCCCCCCC)C2CC(Br)C(=O)C12. The lowest BCUT2D eigenvalue weighted by Crippen LogP contribution is -2.47. The van der Waals surface area contributed by atoms with Crippen LogP contribution >= 0.6 is 31.9 Å². The fourth-order valence-corrected chi connectivity index (χ4v) is 12.8. The summed E-state index contributed by atoms with van der Waals surface area (Å²) in [5.41, 5.74) is 0. The topological polar surface area (TPSA) is 34.1 Å². The third kappa shape index (κ3) is 15.7. The third-order valence-electron chi connectivity index (χ3n) is 14.3. The van der Waals surface area contributed by atoms with E-state index in [1.807, 2.05) is 0 Å². The van der Waals surface area contributed by atoms with Crippen LogP contribution in [0.15, 0.2) is 0 Å². The maximum absolute atomic E-state index is 14.3. The van der Waals surface area contributed by atoms with Gasteiger partial charge in [0.25, 0.3) is 0 Å². The molecule has 10 unspecified atom stereocenters. The zero-order valence-electron chi connectivity index (χ0n) is 35.0. The number of alkyl halides is 2. The molecular weight excluding hydrogens is 768 g/mol. The summed E-state index contributed by atoms with van der Waals surface area (Å²) in [4.78, 5) is 28.5. The van der Waals surface area contributed by atoms with Crippen molar-refractivity contribution in [3.63, 3.8) is 0 Å². The first-order valence-corrected chi connectivity index (χ1v) is 25.6. The van der Waals surface area contributed by atoms with Crippen molar-refractivity contribution in [3.8, 4) is 0 Å². The number of rotatable bonds is 32. The number of fused-ring (bicyclic) bond motifs is 2. The lowest BCUT2D eigenvalue weighted by atomic mass is 9.55. The minimum absolute atomic E-state index is 0.00683. The molecule has 304 valence electrons. The molecule has 0 aliphatic heterocycles. The summed E-state index contributed by atoms with van der Waals surface area (Å²) < 4.78 is 0. The predicted molar refractivity (Wildman–Crippen MR) is 234 cm³/mol. The normalized spacial score (nSPS) is 28.3. The average molecular weight is 855 g/mol. The van der Waals surface area contributed by atoms with E-state index in [2.05, 4.69) is 59.6 Å². The molecule has 0 N–H and O–H groups in total. The highest BCUT2D eigenvalue weighted by Crippen LogP contribution is 2.61. The molecule has 0 aromatic carbocycles. The molecule has 4 heteroatoms. The van der Waals surface area contributed by atoms with Gasteiger partial charge in [0.2, 0.25) is 0 Å². The van der Waals surface area contributed by atoms with Crippen molar-refractivity contribution in [3.05, 3.63) is 0 Å². The molecule has 52 heavy (non-hydrogen) atoms. The van der Waals surface area contributed by atoms with E-state index in [4.69, 9.17) is 0 Å². The number of carbonyl (C=O) groups excluding carboxylic acids is 2. The van der Waals surface area contributed by atoms with Crippen LogP contribution < -0.4 is 0 Å². The predicted octanol–water partition coefficient (Wildman–Crippen LogP) is 16.2. The van der Waals surface area contributed by atoms with Gasteiger partial charge in [-0.05, 0) is 61.2 Å². The number of unbranched alkanes of at least 4 members (excludes halogenated alkanes) is 20. The Morgan fingerprint density at radius 3 is 0.962 bits per heavy atom. The van der Waals surface area contributed by atoms with E-state index < -0.39 is 0 Å². The summed E-state index contributed by atoms with van der Waals surface area (Å²) in [6.45, 7) is 9.25. The lowest BCUT2D eigenvalue weighted by molar-refractivity contribution is -0.134. The van der Waals surface area contributed by atoms with Gasteiger partial charge in [-0.25, -0.2) is 0 Å². The second kappa shape index (κ2) is 27.8. The van der Waals surface area contributed by atoms with E-state index in [0.29, 0.717) is 47.1 Å². The number of ketones is 2. The van der Waals surface area contributed by atoms with Gasteiger partial charge in [0.05, 0.1) is 9.65 Å². The van der Waals surface area contributed by atoms with Crippen LogP contribution in [0, 0.1) is 47.3 Å². The third-order valence-corrected chi connectivity index (χ3v) is 15.9. The second-order valence-corrected chi connectivity index (χ2v) is 20.6. The maximum atomic E-state index is 14.3. The van der Waals surface area contributed by atoms with Crippen LogP contribution in [0.25, 0.3) is 0 Å². The Kier molecular flexibility index (Phi) is 25.0. The molecule has 3 saturated carbocycles. The molecule has 0 spiro atoms. The minimum atomic E-state index is -0.00683. The molecular formula is C48H86Br2O2. The number of hydrogen-bond donors (Lipinski definition) is 0. The first-order chi connectivity index (χ1) is 25.4. The standard InChI is InChI=1S/C48H86Br2O2/c1-5-9-13-17-19-21-23-27-31-37(29-25-15-11-7-3)33-39-41-35-43(49)48(52)46(41)40(42-36-44(50)47(51)45(39)42)34-38(30-26-16-12-8-4)32-28-24-22-20-18-14-10-6-2/h37-46H,5-36H2,1-4H3. The number of halogens is 2. The van der Waals surface area contributed by atoms with Crippen LogP contribution in [0.3, 0.4) is 0 Å². The van der Waals surface area contributed by atoms with Crippen LogP contribution in [-0.4, -0.2) is 21.2 Å². The van der Waals surface area contributed by atoms with Crippen molar-refractivity contribution in [2.45, 2.75) is 243 Å². The Morgan fingerprint density at radius 2 is 0.673 bits per heavy atom. The molecule has 2 nitrogen and oxygen atoms in total. The Labute approximate surface area is 341 Å². The summed E-state index contributed by atoms with van der Waals surface area (Å²) >= 11 is 7.85. The van der Waals surface area contributed by atoms with Gasteiger partial charge in [-0.3, -0.25) is 9.59 Å². The highest BCUT2D eigenvalue weighted by molar-refractivity contribution is 9.10. The molecule has 0 radical (unpaired) electrons. The van der Waals surface area contributed by atoms with Crippen LogP contribution in [0.1, 0.15) is 233 Å². The van der Waals surface area contributed by atoms with E-state index in [1.54, 1.807) is 0 Å². The van der Waals surface area contributed by atoms with Gasteiger partial charge in [-0.1, -0.05) is 239 Å². The van der Waals surface area contributed by atoms with Crippen LogP contribution in [0.2, 0.25) is 0 Å².